The van der Waals surface area contributed by atoms with E-state index < -0.39 is 0 Å². The Morgan fingerprint density at radius 3 is 1.76 bits per heavy atom. The summed E-state index contributed by atoms with van der Waals surface area (Å²) in [4.78, 5) is 2.70. The number of nitrogens with zero attached hydrogens (tertiary/aromatic N) is 4. The maximum atomic E-state index is 8.38. The molecule has 5 nitrogen and oxygen atoms in total. The van der Waals surface area contributed by atoms with Crippen LogP contribution in [0.2, 0.25) is 0 Å². The fourth-order valence-electron chi connectivity index (χ4n) is 1.48. The molecular weight excluding hydrogens is 214 g/mol. The second kappa shape index (κ2) is 5.44. The van der Waals surface area contributed by atoms with E-state index in [0.717, 1.165) is 11.4 Å². The quantitative estimate of drug-likeness (QED) is 0.374. The van der Waals surface area contributed by atoms with E-state index in [-0.39, 0.29) is 0 Å². The highest BCUT2D eigenvalue weighted by Gasteiger charge is 2.09. The number of hydrogen-bond acceptors (Lipinski definition) is 2. The van der Waals surface area contributed by atoms with Crippen molar-refractivity contribution in [2.24, 2.45) is 5.22 Å². The highest BCUT2D eigenvalue weighted by atomic mass is 15.7. The summed E-state index contributed by atoms with van der Waals surface area (Å²) < 4.78 is 0. The van der Waals surface area contributed by atoms with E-state index >= 15 is 0 Å². The van der Waals surface area contributed by atoms with Crippen molar-refractivity contribution in [2.75, 3.05) is 5.01 Å². The molecule has 1 N–H and O–H groups in total. The van der Waals surface area contributed by atoms with E-state index in [0.29, 0.717) is 0 Å². The Hall–Kier alpha value is -2.65. The van der Waals surface area contributed by atoms with Crippen molar-refractivity contribution in [1.82, 2.24) is 5.53 Å². The molecule has 0 aliphatic carbocycles. The van der Waals surface area contributed by atoms with Crippen LogP contribution in [0, 0.1) is 0 Å². The van der Waals surface area contributed by atoms with Crippen molar-refractivity contribution in [3.05, 3.63) is 71.1 Å². The molecule has 0 atom stereocenters. The highest BCUT2D eigenvalue weighted by Crippen LogP contribution is 2.22. The smallest absolute Gasteiger partial charge is 0.0838 e. The predicted octanol–water partition coefficient (Wildman–Crippen LogP) is 3.55. The van der Waals surface area contributed by atoms with E-state index in [4.69, 9.17) is 5.53 Å². The third kappa shape index (κ3) is 2.68. The molecule has 0 aliphatic rings. The lowest BCUT2D eigenvalue weighted by molar-refractivity contribution is 0.749. The van der Waals surface area contributed by atoms with E-state index in [1.807, 2.05) is 60.7 Å². The zero-order valence-electron chi connectivity index (χ0n) is 9.06. The lowest BCUT2D eigenvalue weighted by Gasteiger charge is -2.19. The molecule has 0 saturated carbocycles. The average molecular weight is 225 g/mol. The third-order valence-electron chi connectivity index (χ3n) is 2.22. The molecule has 2 aromatic carbocycles. The van der Waals surface area contributed by atoms with Crippen LogP contribution in [-0.2, 0) is 0 Å². The monoisotopic (exact) mass is 225 g/mol. The van der Waals surface area contributed by atoms with Gasteiger partial charge in [-0.2, -0.15) is 15.5 Å². The normalized spacial score (nSPS) is 9.18. The van der Waals surface area contributed by atoms with Crippen LogP contribution >= 0.6 is 0 Å². The second-order valence-corrected chi connectivity index (χ2v) is 3.30. The van der Waals surface area contributed by atoms with Crippen LogP contribution in [0.3, 0.4) is 0 Å². The van der Waals surface area contributed by atoms with E-state index in [2.05, 4.69) is 15.7 Å². The number of hydrazine groups is 1. The lowest BCUT2D eigenvalue weighted by Crippen LogP contribution is -2.28. The number of azide groups is 1. The number of rotatable bonds is 4. The minimum absolute atomic E-state index is 0.895. The molecule has 0 saturated heterocycles. The Balaban J connectivity index is 2.35. The highest BCUT2D eigenvalue weighted by molar-refractivity contribution is 5.61. The first kappa shape index (κ1) is 10.9. The van der Waals surface area contributed by atoms with Crippen LogP contribution in [0.4, 0.5) is 11.4 Å². The lowest BCUT2D eigenvalue weighted by atomic mass is 10.2. The molecule has 0 unspecified atom stereocenters. The van der Waals surface area contributed by atoms with Crippen LogP contribution in [0.15, 0.2) is 65.9 Å². The van der Waals surface area contributed by atoms with Crippen molar-refractivity contribution < 1.29 is 0 Å². The predicted molar refractivity (Wildman–Crippen MR) is 67.3 cm³/mol. The SMILES string of the molecule is [N-]=[N+]=NNN(c1ccccc1)c1ccccc1. The second-order valence-electron chi connectivity index (χ2n) is 3.30. The van der Waals surface area contributed by atoms with Gasteiger partial charge in [0.05, 0.1) is 11.4 Å². The summed E-state index contributed by atoms with van der Waals surface area (Å²) in [7, 11) is 0. The fraction of sp³-hybridized carbons (Fsp3) is 0. The van der Waals surface area contributed by atoms with Gasteiger partial charge in [-0.1, -0.05) is 36.4 Å². The summed E-state index contributed by atoms with van der Waals surface area (Å²) in [5.41, 5.74) is 12.8. The van der Waals surface area contributed by atoms with Gasteiger partial charge in [0, 0.05) is 5.22 Å². The topological polar surface area (TPSA) is 64.0 Å². The molecule has 17 heavy (non-hydrogen) atoms. The fourth-order valence-corrected chi connectivity index (χ4v) is 1.48. The summed E-state index contributed by atoms with van der Waals surface area (Å²) in [5.74, 6) is 0. The van der Waals surface area contributed by atoms with E-state index in [1.54, 1.807) is 5.01 Å². The molecule has 0 heterocycles. The van der Waals surface area contributed by atoms with Gasteiger partial charge in [0.25, 0.3) is 0 Å². The van der Waals surface area contributed by atoms with Gasteiger partial charge in [-0.05, 0) is 24.3 Å². The molecule has 2 aromatic rings. The number of benzene rings is 2. The first-order valence-corrected chi connectivity index (χ1v) is 5.12. The molecule has 0 fully saturated rings. The Labute approximate surface area is 98.9 Å². The molecule has 0 amide bonds. The largest absolute Gasteiger partial charge is 0.183 e. The molecule has 0 radical (unpaired) electrons. The number of para-hydroxylation sites is 2. The van der Waals surface area contributed by atoms with Crippen LogP contribution < -0.4 is 10.5 Å². The maximum Gasteiger partial charge on any atom is 0.0838 e. The standard InChI is InChI=1S/C12H11N5/c13-14-15-16-17(11-7-3-1-4-8-11)12-9-5-2-6-10-12/h1-10,16H. The van der Waals surface area contributed by atoms with Crippen molar-refractivity contribution >= 4 is 11.4 Å². The minimum atomic E-state index is 0.895. The van der Waals surface area contributed by atoms with E-state index in [1.165, 1.54) is 0 Å². The van der Waals surface area contributed by atoms with Crippen LogP contribution in [0.1, 0.15) is 0 Å². The van der Waals surface area contributed by atoms with Gasteiger partial charge in [-0.3, -0.25) is 0 Å². The van der Waals surface area contributed by atoms with E-state index in [9.17, 15) is 0 Å². The minimum Gasteiger partial charge on any atom is -0.183 e. The van der Waals surface area contributed by atoms with Gasteiger partial charge < -0.3 is 0 Å². The van der Waals surface area contributed by atoms with Crippen LogP contribution in [0.25, 0.3) is 10.4 Å². The molecule has 2 rings (SSSR count). The average Bonchev–Trinajstić information content (AvgIpc) is 2.42. The maximum absolute atomic E-state index is 8.38. The molecular formula is C12H11N5. The summed E-state index contributed by atoms with van der Waals surface area (Å²) in [6, 6.07) is 19.2. The molecule has 0 aliphatic heterocycles. The van der Waals surface area contributed by atoms with Crippen LogP contribution in [0.5, 0.6) is 0 Å². The Kier molecular flexibility index (Phi) is 3.47. The van der Waals surface area contributed by atoms with Crippen LogP contribution in [-0.4, -0.2) is 0 Å². The van der Waals surface area contributed by atoms with Crippen molar-refractivity contribution in [3.8, 4) is 0 Å². The summed E-state index contributed by atoms with van der Waals surface area (Å²) in [5, 5.41) is 5.09. The first-order valence-electron chi connectivity index (χ1n) is 5.12. The molecule has 0 bridgehead atoms. The number of anilines is 2. The molecule has 84 valence electrons. The first-order chi connectivity index (χ1) is 8.42. The molecule has 5 heteroatoms. The van der Waals surface area contributed by atoms with Gasteiger partial charge in [0.2, 0.25) is 0 Å². The summed E-state index contributed by atoms with van der Waals surface area (Å²) >= 11 is 0. The third-order valence-corrected chi connectivity index (χ3v) is 2.22. The van der Waals surface area contributed by atoms with Crippen molar-refractivity contribution in [3.63, 3.8) is 0 Å². The van der Waals surface area contributed by atoms with Crippen molar-refractivity contribution in [2.45, 2.75) is 0 Å². The van der Waals surface area contributed by atoms with Gasteiger partial charge in [-0.25, -0.2) is 0 Å². The molecule has 0 aromatic heterocycles. The summed E-state index contributed by atoms with van der Waals surface area (Å²) in [6.45, 7) is 0. The van der Waals surface area contributed by atoms with Gasteiger partial charge >= 0.3 is 0 Å². The Morgan fingerprint density at radius 1 is 0.882 bits per heavy atom. The van der Waals surface area contributed by atoms with Gasteiger partial charge in [-0.15, -0.1) is 5.53 Å². The zero-order valence-corrected chi connectivity index (χ0v) is 9.06. The number of nitrogens with one attached hydrogen (secondary N) is 1. The number of hydrogen-bond donors (Lipinski definition) is 1. The van der Waals surface area contributed by atoms with Gasteiger partial charge in [0.15, 0.2) is 0 Å². The van der Waals surface area contributed by atoms with Gasteiger partial charge in [0.1, 0.15) is 0 Å². The summed E-state index contributed by atoms with van der Waals surface area (Å²) in [6.07, 6.45) is 0. The Bertz CT molecular complexity index is 465. The Morgan fingerprint density at radius 2 is 1.35 bits per heavy atom. The zero-order chi connectivity index (χ0) is 11.9. The molecule has 0 spiro atoms. The van der Waals surface area contributed by atoms with Crippen molar-refractivity contribution in [1.29, 1.82) is 0 Å².